The summed E-state index contributed by atoms with van der Waals surface area (Å²) in [5.74, 6) is -0.804. The van der Waals surface area contributed by atoms with Gasteiger partial charge in [-0.1, -0.05) is 0 Å². The third-order valence-electron chi connectivity index (χ3n) is 2.41. The summed E-state index contributed by atoms with van der Waals surface area (Å²) in [4.78, 5) is 17.3. The summed E-state index contributed by atoms with van der Waals surface area (Å²) < 4.78 is 13.8. The predicted molar refractivity (Wildman–Crippen MR) is 61.0 cm³/mol. The predicted octanol–water partition coefficient (Wildman–Crippen LogP) is 1.74. The van der Waals surface area contributed by atoms with Gasteiger partial charge in [0.05, 0.1) is 5.56 Å². The summed E-state index contributed by atoms with van der Waals surface area (Å²) in [6.07, 6.45) is 1.42. The number of hydrogen-bond acceptors (Lipinski definition) is 3. The molecule has 88 valence electrons. The highest BCUT2D eigenvalue weighted by Crippen LogP contribution is 2.16. The van der Waals surface area contributed by atoms with E-state index in [9.17, 15) is 9.18 Å². The third kappa shape index (κ3) is 2.29. The Kier molecular flexibility index (Phi) is 4.22. The SMILES string of the molecule is CCN(CC)C(=O)c1ccnc(NC)c1F. The van der Waals surface area contributed by atoms with E-state index in [-0.39, 0.29) is 17.3 Å². The number of pyridine rings is 1. The van der Waals surface area contributed by atoms with Gasteiger partial charge in [0.1, 0.15) is 0 Å². The molecule has 0 fully saturated rings. The van der Waals surface area contributed by atoms with Gasteiger partial charge in [0.15, 0.2) is 11.6 Å². The van der Waals surface area contributed by atoms with Crippen LogP contribution >= 0.6 is 0 Å². The van der Waals surface area contributed by atoms with Gasteiger partial charge in [0, 0.05) is 26.3 Å². The van der Waals surface area contributed by atoms with Gasteiger partial charge >= 0.3 is 0 Å². The molecule has 5 heteroatoms. The quantitative estimate of drug-likeness (QED) is 0.849. The third-order valence-corrected chi connectivity index (χ3v) is 2.41. The minimum Gasteiger partial charge on any atom is -0.371 e. The molecule has 0 unspecified atom stereocenters. The average Bonchev–Trinajstić information content (AvgIpc) is 2.30. The number of halogens is 1. The van der Waals surface area contributed by atoms with Gasteiger partial charge in [0.25, 0.3) is 5.91 Å². The molecule has 1 aromatic rings. The van der Waals surface area contributed by atoms with E-state index >= 15 is 0 Å². The van der Waals surface area contributed by atoms with E-state index in [0.29, 0.717) is 13.1 Å². The van der Waals surface area contributed by atoms with Crippen molar-refractivity contribution in [3.63, 3.8) is 0 Å². The molecule has 16 heavy (non-hydrogen) atoms. The summed E-state index contributed by atoms with van der Waals surface area (Å²) in [6.45, 7) is 4.84. The highest BCUT2D eigenvalue weighted by Gasteiger charge is 2.19. The van der Waals surface area contributed by atoms with E-state index in [4.69, 9.17) is 0 Å². The molecule has 4 nitrogen and oxygen atoms in total. The van der Waals surface area contributed by atoms with Crippen molar-refractivity contribution in [3.05, 3.63) is 23.6 Å². The van der Waals surface area contributed by atoms with Crippen molar-refractivity contribution in [2.45, 2.75) is 13.8 Å². The number of carbonyl (C=O) groups excluding carboxylic acids is 1. The zero-order valence-electron chi connectivity index (χ0n) is 9.75. The van der Waals surface area contributed by atoms with Gasteiger partial charge in [-0.2, -0.15) is 0 Å². The molecule has 0 aliphatic rings. The lowest BCUT2D eigenvalue weighted by Gasteiger charge is -2.19. The lowest BCUT2D eigenvalue weighted by atomic mass is 10.2. The van der Waals surface area contributed by atoms with Crippen molar-refractivity contribution in [3.8, 4) is 0 Å². The van der Waals surface area contributed by atoms with Crippen LogP contribution in [0, 0.1) is 5.82 Å². The first-order valence-corrected chi connectivity index (χ1v) is 5.27. The van der Waals surface area contributed by atoms with Crippen molar-refractivity contribution in [1.82, 2.24) is 9.88 Å². The number of anilines is 1. The molecule has 1 aromatic heterocycles. The average molecular weight is 225 g/mol. The van der Waals surface area contributed by atoms with Crippen LogP contribution < -0.4 is 5.32 Å². The Morgan fingerprint density at radius 1 is 1.50 bits per heavy atom. The second kappa shape index (κ2) is 5.44. The first-order chi connectivity index (χ1) is 7.65. The second-order valence-corrected chi connectivity index (χ2v) is 3.25. The van der Waals surface area contributed by atoms with E-state index in [0.717, 1.165) is 0 Å². The summed E-state index contributed by atoms with van der Waals surface area (Å²) in [5.41, 5.74) is 0.0584. The number of hydrogen-bond donors (Lipinski definition) is 1. The van der Waals surface area contributed by atoms with Gasteiger partial charge in [-0.25, -0.2) is 9.37 Å². The van der Waals surface area contributed by atoms with Crippen molar-refractivity contribution >= 4 is 11.7 Å². The fourth-order valence-electron chi connectivity index (χ4n) is 1.46. The van der Waals surface area contributed by atoms with Crippen LogP contribution in [-0.2, 0) is 0 Å². The maximum Gasteiger partial charge on any atom is 0.257 e. The Balaban J connectivity index is 3.08. The van der Waals surface area contributed by atoms with Gasteiger partial charge in [0.2, 0.25) is 0 Å². The van der Waals surface area contributed by atoms with Crippen LogP contribution in [0.15, 0.2) is 12.3 Å². The van der Waals surface area contributed by atoms with E-state index in [1.54, 1.807) is 11.9 Å². The lowest BCUT2D eigenvalue weighted by Crippen LogP contribution is -2.31. The minimum atomic E-state index is -0.595. The summed E-state index contributed by atoms with van der Waals surface area (Å²) in [7, 11) is 1.57. The molecule has 0 atom stereocenters. The molecule has 0 saturated heterocycles. The number of rotatable bonds is 4. The molecular formula is C11H16FN3O. The van der Waals surface area contributed by atoms with Crippen LogP contribution in [0.4, 0.5) is 10.2 Å². The normalized spacial score (nSPS) is 10.0. The molecule has 0 aliphatic carbocycles. The van der Waals surface area contributed by atoms with Crippen LogP contribution in [0.2, 0.25) is 0 Å². The summed E-state index contributed by atoms with van der Waals surface area (Å²) in [6, 6.07) is 1.40. The smallest absolute Gasteiger partial charge is 0.257 e. The number of carbonyl (C=O) groups is 1. The molecule has 0 saturated carbocycles. The molecule has 1 rings (SSSR count). The Bertz CT molecular complexity index is 377. The number of nitrogens with one attached hydrogen (secondary N) is 1. The molecule has 0 bridgehead atoms. The topological polar surface area (TPSA) is 45.2 Å². The molecule has 1 N–H and O–H groups in total. The molecule has 1 heterocycles. The van der Waals surface area contributed by atoms with Crippen LogP contribution in [0.5, 0.6) is 0 Å². The van der Waals surface area contributed by atoms with Crippen LogP contribution in [0.3, 0.4) is 0 Å². The monoisotopic (exact) mass is 225 g/mol. The molecular weight excluding hydrogens is 209 g/mol. The number of amides is 1. The van der Waals surface area contributed by atoms with Gasteiger partial charge in [-0.15, -0.1) is 0 Å². The van der Waals surface area contributed by atoms with E-state index in [2.05, 4.69) is 10.3 Å². The highest BCUT2D eigenvalue weighted by molar-refractivity contribution is 5.95. The molecule has 0 aliphatic heterocycles. The Morgan fingerprint density at radius 3 is 2.62 bits per heavy atom. The zero-order valence-corrected chi connectivity index (χ0v) is 9.75. The fourth-order valence-corrected chi connectivity index (χ4v) is 1.46. The summed E-state index contributed by atoms with van der Waals surface area (Å²) >= 11 is 0. The van der Waals surface area contributed by atoms with E-state index < -0.39 is 5.82 Å². The van der Waals surface area contributed by atoms with Crippen molar-refractivity contribution in [1.29, 1.82) is 0 Å². The van der Waals surface area contributed by atoms with Crippen molar-refractivity contribution < 1.29 is 9.18 Å². The second-order valence-electron chi connectivity index (χ2n) is 3.25. The van der Waals surface area contributed by atoms with Gasteiger partial charge in [-0.3, -0.25) is 4.79 Å². The highest BCUT2D eigenvalue weighted by atomic mass is 19.1. The number of aromatic nitrogens is 1. The Labute approximate surface area is 94.5 Å². The molecule has 1 amide bonds. The van der Waals surface area contributed by atoms with Crippen molar-refractivity contribution in [2.75, 3.05) is 25.5 Å². The van der Waals surface area contributed by atoms with E-state index in [1.807, 2.05) is 13.8 Å². The maximum absolute atomic E-state index is 13.8. The maximum atomic E-state index is 13.8. The minimum absolute atomic E-state index is 0.0584. The fraction of sp³-hybridized carbons (Fsp3) is 0.455. The van der Waals surface area contributed by atoms with Gasteiger partial charge in [-0.05, 0) is 19.9 Å². The largest absolute Gasteiger partial charge is 0.371 e. The van der Waals surface area contributed by atoms with Crippen LogP contribution in [0.1, 0.15) is 24.2 Å². The first-order valence-electron chi connectivity index (χ1n) is 5.27. The standard InChI is InChI=1S/C11H16FN3O/c1-4-15(5-2)11(16)8-6-7-14-10(13-3)9(8)12/h6-7H,4-5H2,1-3H3,(H,13,14). The number of nitrogens with zero attached hydrogens (tertiary/aromatic N) is 2. The van der Waals surface area contributed by atoms with Crippen LogP contribution in [0.25, 0.3) is 0 Å². The van der Waals surface area contributed by atoms with Crippen LogP contribution in [-0.4, -0.2) is 35.9 Å². The summed E-state index contributed by atoms with van der Waals surface area (Å²) in [5, 5.41) is 2.61. The van der Waals surface area contributed by atoms with E-state index in [1.165, 1.54) is 12.3 Å². The first kappa shape index (κ1) is 12.4. The lowest BCUT2D eigenvalue weighted by molar-refractivity contribution is 0.0768. The zero-order chi connectivity index (χ0) is 12.1. The van der Waals surface area contributed by atoms with Crippen molar-refractivity contribution in [2.24, 2.45) is 0 Å². The van der Waals surface area contributed by atoms with Gasteiger partial charge < -0.3 is 10.2 Å². The molecule has 0 spiro atoms. The Hall–Kier alpha value is -1.65. The Morgan fingerprint density at radius 2 is 2.12 bits per heavy atom. The molecule has 0 radical (unpaired) electrons. The molecule has 0 aromatic carbocycles.